The van der Waals surface area contributed by atoms with Crippen LogP contribution < -0.4 is 0 Å². The Balaban J connectivity index is 1.13. The first kappa shape index (κ1) is 34.3. The van der Waals surface area contributed by atoms with E-state index in [1.807, 2.05) is 12.1 Å². The van der Waals surface area contributed by atoms with Gasteiger partial charge in [-0.25, -0.2) is 15.0 Å². The van der Waals surface area contributed by atoms with E-state index in [0.717, 1.165) is 50.1 Å². The highest BCUT2D eigenvalue weighted by Crippen LogP contribution is 2.40. The molecule has 0 N–H and O–H groups in total. The van der Waals surface area contributed by atoms with Gasteiger partial charge in [0.2, 0.25) is 0 Å². The highest BCUT2D eigenvalue weighted by atomic mass is 15.0. The van der Waals surface area contributed by atoms with Gasteiger partial charge in [0.05, 0.1) is 16.7 Å². The van der Waals surface area contributed by atoms with Gasteiger partial charge < -0.3 is 4.57 Å². The second-order valence-electron chi connectivity index (χ2n) is 14.8. The maximum atomic E-state index is 5.23. The highest BCUT2D eigenvalue weighted by Gasteiger charge is 2.20. The van der Waals surface area contributed by atoms with Gasteiger partial charge in [-0.3, -0.25) is 0 Å². The summed E-state index contributed by atoms with van der Waals surface area (Å²) in [6.07, 6.45) is 0. The minimum Gasteiger partial charge on any atom is -0.309 e. The van der Waals surface area contributed by atoms with E-state index in [2.05, 4.69) is 211 Å². The number of hydrogen-bond acceptors (Lipinski definition) is 3. The molecule has 2 aromatic heterocycles. The second-order valence-corrected chi connectivity index (χ2v) is 14.8. The lowest BCUT2D eigenvalue weighted by atomic mass is 9.95. The zero-order valence-electron chi connectivity index (χ0n) is 32.1. The van der Waals surface area contributed by atoms with Crippen molar-refractivity contribution in [3.63, 3.8) is 0 Å². The molecule has 11 rings (SSSR count). The predicted octanol–water partition coefficient (Wildman–Crippen LogP) is 14.1. The van der Waals surface area contributed by atoms with Crippen LogP contribution in [0.2, 0.25) is 0 Å². The van der Waals surface area contributed by atoms with Crippen LogP contribution in [0.4, 0.5) is 0 Å². The molecule has 2 heterocycles. The molecule has 4 nitrogen and oxygen atoms in total. The molecule has 0 aliphatic rings. The van der Waals surface area contributed by atoms with Crippen molar-refractivity contribution < 1.29 is 0 Å². The normalized spacial score (nSPS) is 11.4. The summed E-state index contributed by atoms with van der Waals surface area (Å²) in [4.78, 5) is 15.6. The molecule has 0 fully saturated rings. The quantitative estimate of drug-likeness (QED) is 0.163. The van der Waals surface area contributed by atoms with Crippen LogP contribution in [0.25, 0.3) is 106 Å². The summed E-state index contributed by atoms with van der Waals surface area (Å²) in [6, 6.07) is 77.0. The van der Waals surface area contributed by atoms with Crippen molar-refractivity contribution in [3.8, 4) is 73.2 Å². The van der Waals surface area contributed by atoms with Crippen molar-refractivity contribution in [1.29, 1.82) is 0 Å². The van der Waals surface area contributed by atoms with Crippen molar-refractivity contribution in [2.75, 3.05) is 0 Å². The second kappa shape index (κ2) is 14.5. The fraction of sp³-hybridized carbons (Fsp3) is 0. The minimum atomic E-state index is 0.607. The molecule has 11 aromatic rings. The SMILES string of the molecule is c1ccc(-c2ccc(-c3nc(-c4ccc(-c5ccccc5)cc4)nc(-c4ccc(-c5cccc6ccccc56)c(-n5c6ccccc6c6ccccc65)c4)n3)cc2)cc1. The molecule has 276 valence electrons. The van der Waals surface area contributed by atoms with E-state index in [4.69, 9.17) is 15.0 Å². The lowest BCUT2D eigenvalue weighted by Crippen LogP contribution is -2.02. The average Bonchev–Trinajstić information content (AvgIpc) is 3.66. The first-order chi connectivity index (χ1) is 29.2. The number of aromatic nitrogens is 4. The Morgan fingerprint density at radius 2 is 0.678 bits per heavy atom. The summed E-state index contributed by atoms with van der Waals surface area (Å²) in [7, 11) is 0. The standard InChI is InChI=1S/C55H36N4/c1-3-14-37(15-4-1)39-26-30-42(31-27-39)53-56-54(43-32-28-40(29-33-43)38-16-5-2-6-17-38)58-55(57-53)44-34-35-49(46-23-13-19-41-18-7-8-20-45(41)46)52(36-44)59-50-24-11-9-21-47(50)48-22-10-12-25-51(48)59/h1-36H. The molecular formula is C55H36N4. The highest BCUT2D eigenvalue weighted by molar-refractivity contribution is 6.10. The first-order valence-electron chi connectivity index (χ1n) is 19.9. The first-order valence-corrected chi connectivity index (χ1v) is 19.9. The number of benzene rings is 9. The van der Waals surface area contributed by atoms with E-state index < -0.39 is 0 Å². The molecule has 0 aliphatic carbocycles. The lowest BCUT2D eigenvalue weighted by molar-refractivity contribution is 1.07. The zero-order chi connectivity index (χ0) is 39.1. The Morgan fingerprint density at radius 1 is 0.271 bits per heavy atom. The molecule has 0 radical (unpaired) electrons. The van der Waals surface area contributed by atoms with Gasteiger partial charge >= 0.3 is 0 Å². The van der Waals surface area contributed by atoms with Gasteiger partial charge in [-0.1, -0.05) is 200 Å². The predicted molar refractivity (Wildman–Crippen MR) is 244 cm³/mol. The number of nitrogens with zero attached hydrogens (tertiary/aromatic N) is 4. The van der Waals surface area contributed by atoms with Crippen LogP contribution in [0.3, 0.4) is 0 Å². The van der Waals surface area contributed by atoms with Gasteiger partial charge in [-0.15, -0.1) is 0 Å². The van der Waals surface area contributed by atoms with Crippen molar-refractivity contribution in [1.82, 2.24) is 19.5 Å². The van der Waals surface area contributed by atoms with E-state index >= 15 is 0 Å². The molecule has 0 bridgehead atoms. The van der Waals surface area contributed by atoms with Crippen molar-refractivity contribution in [3.05, 3.63) is 218 Å². The Kier molecular flexibility index (Phi) is 8.45. The van der Waals surface area contributed by atoms with E-state index in [1.165, 1.54) is 38.2 Å². The Morgan fingerprint density at radius 3 is 1.24 bits per heavy atom. The summed E-state index contributed by atoms with van der Waals surface area (Å²) < 4.78 is 2.40. The van der Waals surface area contributed by atoms with Crippen LogP contribution in [-0.4, -0.2) is 19.5 Å². The minimum absolute atomic E-state index is 0.607. The van der Waals surface area contributed by atoms with Gasteiger partial charge in [-0.05, 0) is 56.8 Å². The van der Waals surface area contributed by atoms with E-state index in [9.17, 15) is 0 Å². The summed E-state index contributed by atoms with van der Waals surface area (Å²) in [6.45, 7) is 0. The molecular weight excluding hydrogens is 717 g/mol. The molecule has 4 heteroatoms. The van der Waals surface area contributed by atoms with Gasteiger partial charge in [0, 0.05) is 33.0 Å². The van der Waals surface area contributed by atoms with E-state index in [0.29, 0.717) is 17.5 Å². The molecule has 0 spiro atoms. The zero-order valence-corrected chi connectivity index (χ0v) is 32.1. The summed E-state index contributed by atoms with van der Waals surface area (Å²) in [5.41, 5.74) is 13.0. The third-order valence-corrected chi connectivity index (χ3v) is 11.3. The number of fused-ring (bicyclic) bond motifs is 4. The average molecular weight is 753 g/mol. The number of para-hydroxylation sites is 2. The largest absolute Gasteiger partial charge is 0.309 e. The van der Waals surface area contributed by atoms with Crippen LogP contribution in [0.15, 0.2) is 218 Å². The Labute approximate surface area is 342 Å². The molecule has 0 amide bonds. The number of rotatable bonds is 7. The van der Waals surface area contributed by atoms with Gasteiger partial charge in [0.15, 0.2) is 17.5 Å². The van der Waals surface area contributed by atoms with Crippen LogP contribution in [0.5, 0.6) is 0 Å². The van der Waals surface area contributed by atoms with Gasteiger partial charge in [-0.2, -0.15) is 0 Å². The smallest absolute Gasteiger partial charge is 0.164 e. The van der Waals surface area contributed by atoms with Crippen LogP contribution in [-0.2, 0) is 0 Å². The van der Waals surface area contributed by atoms with Crippen molar-refractivity contribution >= 4 is 32.6 Å². The van der Waals surface area contributed by atoms with Crippen LogP contribution in [0.1, 0.15) is 0 Å². The molecule has 0 saturated carbocycles. The van der Waals surface area contributed by atoms with Gasteiger partial charge in [0.25, 0.3) is 0 Å². The van der Waals surface area contributed by atoms with E-state index in [-0.39, 0.29) is 0 Å². The Hall–Kier alpha value is -7.95. The number of hydrogen-bond donors (Lipinski definition) is 0. The van der Waals surface area contributed by atoms with Crippen molar-refractivity contribution in [2.45, 2.75) is 0 Å². The summed E-state index contributed by atoms with van der Waals surface area (Å²) in [5.74, 6) is 1.84. The fourth-order valence-corrected chi connectivity index (χ4v) is 8.37. The third kappa shape index (κ3) is 6.24. The third-order valence-electron chi connectivity index (χ3n) is 11.3. The molecule has 9 aromatic carbocycles. The van der Waals surface area contributed by atoms with Gasteiger partial charge in [0.1, 0.15) is 0 Å². The summed E-state index contributed by atoms with van der Waals surface area (Å²) in [5, 5.41) is 4.82. The maximum absolute atomic E-state index is 5.23. The Bertz CT molecular complexity index is 3140. The summed E-state index contributed by atoms with van der Waals surface area (Å²) >= 11 is 0. The lowest BCUT2D eigenvalue weighted by Gasteiger charge is -2.17. The monoisotopic (exact) mass is 752 g/mol. The topological polar surface area (TPSA) is 43.6 Å². The molecule has 0 atom stereocenters. The van der Waals surface area contributed by atoms with Crippen molar-refractivity contribution in [2.24, 2.45) is 0 Å². The fourth-order valence-electron chi connectivity index (χ4n) is 8.37. The molecule has 0 saturated heterocycles. The molecule has 0 aliphatic heterocycles. The molecule has 59 heavy (non-hydrogen) atoms. The van der Waals surface area contributed by atoms with Crippen LogP contribution in [0, 0.1) is 0 Å². The maximum Gasteiger partial charge on any atom is 0.164 e. The van der Waals surface area contributed by atoms with Crippen LogP contribution >= 0.6 is 0 Å². The van der Waals surface area contributed by atoms with E-state index in [1.54, 1.807) is 0 Å². The molecule has 0 unspecified atom stereocenters.